The number of ether oxygens (including phenoxy) is 3. The van der Waals surface area contributed by atoms with Crippen molar-refractivity contribution in [3.8, 4) is 11.5 Å². The standard InChI is InChI=1S/C27H28O3/c1-28-22-13-9-20(10-14-22)27(26-8-4-6-19-5-2-3-7-25(19)26)21-11-15-23(16-12-21)29-17-24-18-30-24/h2-3,5,7,9-16,24,26-27H,4,6,8,17-18H2,1H3. The summed E-state index contributed by atoms with van der Waals surface area (Å²) in [5.74, 6) is 2.58. The van der Waals surface area contributed by atoms with Crippen molar-refractivity contribution >= 4 is 0 Å². The average Bonchev–Trinajstić information content (AvgIpc) is 3.64. The lowest BCUT2D eigenvalue weighted by atomic mass is 9.71. The van der Waals surface area contributed by atoms with Crippen LogP contribution < -0.4 is 9.47 Å². The highest BCUT2D eigenvalue weighted by Gasteiger charge is 2.30. The van der Waals surface area contributed by atoms with Gasteiger partial charge in [0.05, 0.1) is 13.7 Å². The van der Waals surface area contributed by atoms with E-state index in [2.05, 4.69) is 72.8 Å². The molecule has 2 aliphatic rings. The second-order valence-corrected chi connectivity index (χ2v) is 8.28. The first-order valence-electron chi connectivity index (χ1n) is 10.9. The molecule has 3 atom stereocenters. The molecule has 0 N–H and O–H groups in total. The summed E-state index contributed by atoms with van der Waals surface area (Å²) in [6, 6.07) is 26.2. The van der Waals surface area contributed by atoms with Crippen molar-refractivity contribution < 1.29 is 14.2 Å². The van der Waals surface area contributed by atoms with E-state index in [-0.39, 0.29) is 6.10 Å². The molecule has 0 amide bonds. The zero-order valence-corrected chi connectivity index (χ0v) is 17.4. The third kappa shape index (κ3) is 4.08. The van der Waals surface area contributed by atoms with E-state index in [1.807, 2.05) is 0 Å². The molecule has 30 heavy (non-hydrogen) atoms. The van der Waals surface area contributed by atoms with Crippen LogP contribution in [0.3, 0.4) is 0 Å². The maximum Gasteiger partial charge on any atom is 0.119 e. The molecule has 3 unspecified atom stereocenters. The maximum atomic E-state index is 5.86. The highest BCUT2D eigenvalue weighted by Crippen LogP contribution is 2.45. The quantitative estimate of drug-likeness (QED) is 0.475. The highest BCUT2D eigenvalue weighted by molar-refractivity contribution is 5.44. The molecule has 0 spiro atoms. The third-order valence-electron chi connectivity index (χ3n) is 6.37. The lowest BCUT2D eigenvalue weighted by Crippen LogP contribution is -2.18. The van der Waals surface area contributed by atoms with Crippen LogP contribution in [0.1, 0.15) is 46.9 Å². The van der Waals surface area contributed by atoms with Gasteiger partial charge in [0.15, 0.2) is 0 Å². The number of fused-ring (bicyclic) bond motifs is 1. The van der Waals surface area contributed by atoms with Crippen LogP contribution in [0.15, 0.2) is 72.8 Å². The van der Waals surface area contributed by atoms with Crippen molar-refractivity contribution in [1.82, 2.24) is 0 Å². The summed E-state index contributed by atoms with van der Waals surface area (Å²) in [6.07, 6.45) is 3.88. The third-order valence-corrected chi connectivity index (χ3v) is 6.37. The Morgan fingerprint density at radius 3 is 2.23 bits per heavy atom. The summed E-state index contributed by atoms with van der Waals surface area (Å²) in [6.45, 7) is 1.45. The Balaban J connectivity index is 1.49. The van der Waals surface area contributed by atoms with Crippen molar-refractivity contribution in [2.45, 2.75) is 37.2 Å². The minimum atomic E-state index is 0.274. The van der Waals surface area contributed by atoms with Crippen LogP contribution in [0.4, 0.5) is 0 Å². The van der Waals surface area contributed by atoms with E-state index in [1.54, 1.807) is 7.11 Å². The molecule has 1 aliphatic heterocycles. The van der Waals surface area contributed by atoms with Gasteiger partial charge in [-0.05, 0) is 71.7 Å². The number of aryl methyl sites for hydroxylation is 1. The topological polar surface area (TPSA) is 31.0 Å². The van der Waals surface area contributed by atoms with Crippen LogP contribution in [-0.4, -0.2) is 26.4 Å². The van der Waals surface area contributed by atoms with Gasteiger partial charge in [0.1, 0.15) is 24.2 Å². The van der Waals surface area contributed by atoms with Crippen molar-refractivity contribution in [3.63, 3.8) is 0 Å². The van der Waals surface area contributed by atoms with E-state index in [9.17, 15) is 0 Å². The Labute approximate surface area is 178 Å². The molecule has 5 rings (SSSR count). The van der Waals surface area contributed by atoms with E-state index in [4.69, 9.17) is 14.2 Å². The molecule has 154 valence electrons. The van der Waals surface area contributed by atoms with Crippen LogP contribution in [0.25, 0.3) is 0 Å². The van der Waals surface area contributed by atoms with Crippen molar-refractivity contribution in [2.24, 2.45) is 0 Å². The number of epoxide rings is 1. The van der Waals surface area contributed by atoms with E-state index in [0.717, 1.165) is 18.1 Å². The van der Waals surface area contributed by atoms with Crippen molar-refractivity contribution in [1.29, 1.82) is 0 Å². The molecule has 3 aromatic carbocycles. The SMILES string of the molecule is COc1ccc(C(c2ccc(OCC3CO3)cc2)C2CCCc3ccccc32)cc1. The van der Waals surface area contributed by atoms with Crippen molar-refractivity contribution in [2.75, 3.05) is 20.3 Å². The first-order chi connectivity index (χ1) is 14.8. The van der Waals surface area contributed by atoms with E-state index in [1.165, 1.54) is 41.5 Å². The number of methoxy groups -OCH3 is 1. The second-order valence-electron chi connectivity index (χ2n) is 8.28. The van der Waals surface area contributed by atoms with Gasteiger partial charge in [-0.3, -0.25) is 0 Å². The number of benzene rings is 3. The Bertz CT molecular complexity index is 974. The summed E-state index contributed by atoms with van der Waals surface area (Å²) in [7, 11) is 1.72. The monoisotopic (exact) mass is 400 g/mol. The lowest BCUT2D eigenvalue weighted by Gasteiger charge is -2.33. The molecule has 1 heterocycles. The molecule has 3 aromatic rings. The molecule has 1 fully saturated rings. The van der Waals surface area contributed by atoms with E-state index < -0.39 is 0 Å². The van der Waals surface area contributed by atoms with Crippen LogP contribution in [-0.2, 0) is 11.2 Å². The predicted molar refractivity (Wildman–Crippen MR) is 119 cm³/mol. The molecular formula is C27H28O3. The molecule has 3 nitrogen and oxygen atoms in total. The number of hydrogen-bond donors (Lipinski definition) is 0. The molecule has 1 aliphatic carbocycles. The van der Waals surface area contributed by atoms with Crippen LogP contribution in [0.2, 0.25) is 0 Å². The second kappa shape index (κ2) is 8.53. The molecule has 1 saturated heterocycles. The largest absolute Gasteiger partial charge is 0.497 e. The van der Waals surface area contributed by atoms with Gasteiger partial charge in [0.2, 0.25) is 0 Å². The summed E-state index contributed by atoms with van der Waals surface area (Å²) in [5, 5.41) is 0. The van der Waals surface area contributed by atoms with Gasteiger partial charge in [-0.2, -0.15) is 0 Å². The predicted octanol–water partition coefficient (Wildman–Crippen LogP) is 5.72. The van der Waals surface area contributed by atoms with Crippen LogP contribution >= 0.6 is 0 Å². The van der Waals surface area contributed by atoms with Gasteiger partial charge >= 0.3 is 0 Å². The molecular weight excluding hydrogens is 372 g/mol. The molecule has 0 saturated carbocycles. The van der Waals surface area contributed by atoms with Crippen LogP contribution in [0.5, 0.6) is 11.5 Å². The Kier molecular flexibility index (Phi) is 5.46. The Morgan fingerprint density at radius 1 is 0.900 bits per heavy atom. The first kappa shape index (κ1) is 19.2. The fraction of sp³-hybridized carbons (Fsp3) is 0.333. The minimum absolute atomic E-state index is 0.274. The Morgan fingerprint density at radius 2 is 1.57 bits per heavy atom. The summed E-state index contributed by atoms with van der Waals surface area (Å²) >= 11 is 0. The lowest BCUT2D eigenvalue weighted by molar-refractivity contribution is 0.263. The molecule has 0 aromatic heterocycles. The van der Waals surface area contributed by atoms with Gasteiger partial charge in [-0.25, -0.2) is 0 Å². The maximum absolute atomic E-state index is 5.86. The zero-order valence-electron chi connectivity index (χ0n) is 17.4. The van der Waals surface area contributed by atoms with Crippen LogP contribution in [0, 0.1) is 0 Å². The Hall–Kier alpha value is -2.78. The summed E-state index contributed by atoms with van der Waals surface area (Å²) in [4.78, 5) is 0. The average molecular weight is 401 g/mol. The minimum Gasteiger partial charge on any atom is -0.497 e. The van der Waals surface area contributed by atoms with Gasteiger partial charge in [-0.15, -0.1) is 0 Å². The smallest absolute Gasteiger partial charge is 0.119 e. The van der Waals surface area contributed by atoms with Gasteiger partial charge in [0, 0.05) is 5.92 Å². The van der Waals surface area contributed by atoms with E-state index in [0.29, 0.717) is 18.4 Å². The fourth-order valence-electron chi connectivity index (χ4n) is 4.73. The summed E-state index contributed by atoms with van der Waals surface area (Å²) in [5.41, 5.74) is 5.65. The molecule has 0 radical (unpaired) electrons. The van der Waals surface area contributed by atoms with Gasteiger partial charge in [-0.1, -0.05) is 48.5 Å². The zero-order chi connectivity index (χ0) is 20.3. The molecule has 0 bridgehead atoms. The summed E-state index contributed by atoms with van der Waals surface area (Å²) < 4.78 is 16.5. The van der Waals surface area contributed by atoms with Gasteiger partial charge < -0.3 is 14.2 Å². The molecule has 3 heteroatoms. The van der Waals surface area contributed by atoms with Crippen molar-refractivity contribution in [3.05, 3.63) is 95.1 Å². The van der Waals surface area contributed by atoms with E-state index >= 15 is 0 Å². The first-order valence-corrected chi connectivity index (χ1v) is 10.9. The normalized spacial score (nSPS) is 20.8. The number of hydrogen-bond acceptors (Lipinski definition) is 3. The number of rotatable bonds is 7. The highest BCUT2D eigenvalue weighted by atomic mass is 16.6. The fourth-order valence-corrected chi connectivity index (χ4v) is 4.73. The van der Waals surface area contributed by atoms with Gasteiger partial charge in [0.25, 0.3) is 0 Å².